The first kappa shape index (κ1) is 10.8. The number of nitrogens with zero attached hydrogens (tertiary/aromatic N) is 1. The number of amides is 1. The van der Waals surface area contributed by atoms with Crippen LogP contribution in [0.3, 0.4) is 0 Å². The fourth-order valence-corrected chi connectivity index (χ4v) is 2.09. The first-order valence-electron chi connectivity index (χ1n) is 5.07. The van der Waals surface area contributed by atoms with Crippen molar-refractivity contribution in [2.45, 2.75) is 0 Å². The van der Waals surface area contributed by atoms with E-state index in [1.54, 1.807) is 11.6 Å². The zero-order valence-electron chi connectivity index (χ0n) is 9.04. The van der Waals surface area contributed by atoms with E-state index in [1.807, 2.05) is 0 Å². The third kappa shape index (κ3) is 1.84. The SMILES string of the molecule is O=C(Nc1nccs1)c1cc2c(cc1O)OCO2. The number of phenolic OH excluding ortho intramolecular Hbond substituents is 1. The molecule has 1 aliphatic rings. The Morgan fingerprint density at radius 2 is 2.17 bits per heavy atom. The molecule has 0 atom stereocenters. The molecule has 3 rings (SSSR count). The molecule has 0 bridgehead atoms. The number of thiazole rings is 1. The largest absolute Gasteiger partial charge is 0.507 e. The number of fused-ring (bicyclic) bond motifs is 1. The van der Waals surface area contributed by atoms with Crippen molar-refractivity contribution in [2.24, 2.45) is 0 Å². The highest BCUT2D eigenvalue weighted by Crippen LogP contribution is 2.37. The summed E-state index contributed by atoms with van der Waals surface area (Å²) >= 11 is 1.30. The van der Waals surface area contributed by atoms with Crippen molar-refractivity contribution in [1.29, 1.82) is 0 Å². The lowest BCUT2D eigenvalue weighted by molar-refractivity contribution is 0.102. The fraction of sp³-hybridized carbons (Fsp3) is 0.0909. The van der Waals surface area contributed by atoms with Crippen LogP contribution in [-0.2, 0) is 0 Å². The molecule has 1 amide bonds. The second-order valence-corrected chi connectivity index (χ2v) is 4.41. The molecule has 18 heavy (non-hydrogen) atoms. The van der Waals surface area contributed by atoms with Gasteiger partial charge in [-0.1, -0.05) is 0 Å². The average molecular weight is 264 g/mol. The van der Waals surface area contributed by atoms with E-state index in [1.165, 1.54) is 23.5 Å². The Bertz CT molecular complexity index is 597. The number of phenols is 1. The predicted molar refractivity (Wildman–Crippen MR) is 64.3 cm³/mol. The van der Waals surface area contributed by atoms with E-state index in [9.17, 15) is 9.90 Å². The third-order valence-electron chi connectivity index (χ3n) is 2.39. The van der Waals surface area contributed by atoms with Crippen molar-refractivity contribution in [3.05, 3.63) is 29.3 Å². The van der Waals surface area contributed by atoms with E-state index in [0.717, 1.165) is 0 Å². The Labute approximate surface area is 106 Å². The maximum absolute atomic E-state index is 11.9. The van der Waals surface area contributed by atoms with E-state index in [2.05, 4.69) is 10.3 Å². The molecule has 2 heterocycles. The highest BCUT2D eigenvalue weighted by Gasteiger charge is 2.21. The number of benzene rings is 1. The Morgan fingerprint density at radius 1 is 1.39 bits per heavy atom. The molecular weight excluding hydrogens is 256 g/mol. The van der Waals surface area contributed by atoms with Gasteiger partial charge in [0.15, 0.2) is 16.6 Å². The van der Waals surface area contributed by atoms with Crippen molar-refractivity contribution in [3.8, 4) is 17.2 Å². The maximum Gasteiger partial charge on any atom is 0.261 e. The summed E-state index contributed by atoms with van der Waals surface area (Å²) in [5, 5.41) is 14.6. The van der Waals surface area contributed by atoms with Crippen LogP contribution in [0.15, 0.2) is 23.7 Å². The highest BCUT2D eigenvalue weighted by molar-refractivity contribution is 7.13. The van der Waals surface area contributed by atoms with Gasteiger partial charge < -0.3 is 14.6 Å². The Morgan fingerprint density at radius 3 is 2.89 bits per heavy atom. The summed E-state index contributed by atoms with van der Waals surface area (Å²) in [6, 6.07) is 2.81. The lowest BCUT2D eigenvalue weighted by Gasteiger charge is -2.05. The van der Waals surface area contributed by atoms with Gasteiger partial charge in [-0.2, -0.15) is 0 Å². The van der Waals surface area contributed by atoms with Crippen molar-refractivity contribution in [3.63, 3.8) is 0 Å². The van der Waals surface area contributed by atoms with Gasteiger partial charge in [0, 0.05) is 23.7 Å². The highest BCUT2D eigenvalue weighted by atomic mass is 32.1. The molecule has 7 heteroatoms. The average Bonchev–Trinajstić information content (AvgIpc) is 2.98. The third-order valence-corrected chi connectivity index (χ3v) is 3.08. The Kier molecular flexibility index (Phi) is 2.52. The summed E-state index contributed by atoms with van der Waals surface area (Å²) in [6.07, 6.45) is 1.58. The Hall–Kier alpha value is -2.28. The van der Waals surface area contributed by atoms with Crippen LogP contribution in [0.25, 0.3) is 0 Å². The molecule has 6 nitrogen and oxygen atoms in total. The minimum absolute atomic E-state index is 0.0896. The maximum atomic E-state index is 11.9. The van der Waals surface area contributed by atoms with Gasteiger partial charge in [-0.25, -0.2) is 4.98 Å². The standard InChI is InChI=1S/C11H8N2O4S/c14-7-4-9-8(16-5-17-9)3-6(7)10(15)13-11-12-1-2-18-11/h1-4,14H,5H2,(H,12,13,15). The second-order valence-electron chi connectivity index (χ2n) is 3.51. The molecule has 0 saturated heterocycles. The summed E-state index contributed by atoms with van der Waals surface area (Å²) in [7, 11) is 0. The molecule has 0 spiro atoms. The number of carbonyl (C=O) groups excluding carboxylic acids is 1. The quantitative estimate of drug-likeness (QED) is 0.864. The van der Waals surface area contributed by atoms with Crippen molar-refractivity contribution >= 4 is 22.4 Å². The number of hydrogen-bond acceptors (Lipinski definition) is 6. The zero-order valence-corrected chi connectivity index (χ0v) is 9.86. The number of hydrogen-bond donors (Lipinski definition) is 2. The number of ether oxygens (including phenoxy) is 2. The molecule has 1 aromatic heterocycles. The molecule has 0 fully saturated rings. The van der Waals surface area contributed by atoms with Crippen LogP contribution in [0.4, 0.5) is 5.13 Å². The molecule has 1 aromatic carbocycles. The normalized spacial score (nSPS) is 12.4. The van der Waals surface area contributed by atoms with Crippen LogP contribution in [-0.4, -0.2) is 22.8 Å². The Balaban J connectivity index is 1.90. The van der Waals surface area contributed by atoms with Gasteiger partial charge in [0.1, 0.15) is 5.75 Å². The topological polar surface area (TPSA) is 80.7 Å². The van der Waals surface area contributed by atoms with Crippen molar-refractivity contribution in [1.82, 2.24) is 4.98 Å². The predicted octanol–water partition coefficient (Wildman–Crippen LogP) is 1.83. The van der Waals surface area contributed by atoms with Crippen LogP contribution in [0, 0.1) is 0 Å². The molecule has 0 unspecified atom stereocenters. The van der Waals surface area contributed by atoms with Gasteiger partial charge in [-0.15, -0.1) is 11.3 Å². The van der Waals surface area contributed by atoms with Gasteiger partial charge in [0.25, 0.3) is 5.91 Å². The number of nitrogens with one attached hydrogen (secondary N) is 1. The number of aromatic nitrogens is 1. The minimum atomic E-state index is -0.444. The molecule has 92 valence electrons. The smallest absolute Gasteiger partial charge is 0.261 e. The van der Waals surface area contributed by atoms with Crippen LogP contribution in [0.2, 0.25) is 0 Å². The lowest BCUT2D eigenvalue weighted by atomic mass is 10.1. The van der Waals surface area contributed by atoms with E-state index in [4.69, 9.17) is 9.47 Å². The first-order chi connectivity index (χ1) is 8.74. The van der Waals surface area contributed by atoms with Gasteiger partial charge in [-0.3, -0.25) is 10.1 Å². The first-order valence-corrected chi connectivity index (χ1v) is 5.95. The molecule has 2 N–H and O–H groups in total. The van der Waals surface area contributed by atoms with E-state index < -0.39 is 5.91 Å². The van der Waals surface area contributed by atoms with Gasteiger partial charge >= 0.3 is 0 Å². The monoisotopic (exact) mass is 264 g/mol. The van der Waals surface area contributed by atoms with E-state index in [0.29, 0.717) is 16.6 Å². The van der Waals surface area contributed by atoms with Crippen LogP contribution < -0.4 is 14.8 Å². The summed E-state index contributed by atoms with van der Waals surface area (Å²) in [5.41, 5.74) is 0.120. The molecule has 0 aliphatic carbocycles. The minimum Gasteiger partial charge on any atom is -0.507 e. The molecule has 0 radical (unpaired) electrons. The zero-order chi connectivity index (χ0) is 12.5. The van der Waals surface area contributed by atoms with E-state index in [-0.39, 0.29) is 18.1 Å². The van der Waals surface area contributed by atoms with E-state index >= 15 is 0 Å². The number of rotatable bonds is 2. The molecular formula is C11H8N2O4S. The van der Waals surface area contributed by atoms with Crippen LogP contribution >= 0.6 is 11.3 Å². The summed E-state index contributed by atoms with van der Waals surface area (Å²) < 4.78 is 10.2. The van der Waals surface area contributed by atoms with Crippen LogP contribution in [0.5, 0.6) is 17.2 Å². The van der Waals surface area contributed by atoms with Crippen molar-refractivity contribution < 1.29 is 19.4 Å². The van der Waals surface area contributed by atoms with Gasteiger partial charge in [0.05, 0.1) is 5.56 Å². The molecule has 0 saturated carbocycles. The number of carbonyl (C=O) groups is 1. The molecule has 1 aliphatic heterocycles. The van der Waals surface area contributed by atoms with Gasteiger partial charge in [-0.05, 0) is 0 Å². The fourth-order valence-electron chi connectivity index (χ4n) is 1.56. The van der Waals surface area contributed by atoms with Crippen LogP contribution in [0.1, 0.15) is 10.4 Å². The van der Waals surface area contributed by atoms with Gasteiger partial charge in [0.2, 0.25) is 6.79 Å². The second kappa shape index (κ2) is 4.19. The number of anilines is 1. The van der Waals surface area contributed by atoms with Crippen molar-refractivity contribution in [2.75, 3.05) is 12.1 Å². The summed E-state index contributed by atoms with van der Waals surface area (Å²) in [6.45, 7) is 0.0896. The molecule has 2 aromatic rings. The lowest BCUT2D eigenvalue weighted by Crippen LogP contribution is -2.11. The number of aromatic hydroxyl groups is 1. The summed E-state index contributed by atoms with van der Waals surface area (Å²) in [5.74, 6) is 0.268. The summed E-state index contributed by atoms with van der Waals surface area (Å²) in [4.78, 5) is 15.9.